The zero-order valence-corrected chi connectivity index (χ0v) is 15.0. The van der Waals surface area contributed by atoms with Crippen molar-refractivity contribution in [2.45, 2.75) is 25.4 Å². The van der Waals surface area contributed by atoms with Gasteiger partial charge in [0.25, 0.3) is 0 Å². The Kier molecular flexibility index (Phi) is 7.18. The third kappa shape index (κ3) is 5.58. The molecule has 137 valence electrons. The van der Waals surface area contributed by atoms with Gasteiger partial charge in [-0.15, -0.1) is 0 Å². The molecule has 26 heavy (non-hydrogen) atoms. The SMILES string of the molecule is NC(=O)c1cccc(C[C@H](C[C@@H](O)[CH]Cc2ccccc2)C(N)=O)c1Cl. The molecule has 0 bridgehead atoms. The molecule has 2 amide bonds. The van der Waals surface area contributed by atoms with E-state index in [4.69, 9.17) is 23.1 Å². The van der Waals surface area contributed by atoms with Gasteiger partial charge in [0.1, 0.15) is 0 Å². The van der Waals surface area contributed by atoms with Crippen molar-refractivity contribution in [3.63, 3.8) is 0 Å². The second-order valence-electron chi connectivity index (χ2n) is 6.17. The van der Waals surface area contributed by atoms with Crippen molar-refractivity contribution in [2.75, 3.05) is 0 Å². The summed E-state index contributed by atoms with van der Waals surface area (Å²) in [5.74, 6) is -1.78. The first-order valence-corrected chi connectivity index (χ1v) is 8.68. The molecule has 6 heteroatoms. The zero-order chi connectivity index (χ0) is 19.1. The van der Waals surface area contributed by atoms with Gasteiger partial charge in [0, 0.05) is 5.92 Å². The van der Waals surface area contributed by atoms with E-state index in [1.165, 1.54) is 6.07 Å². The summed E-state index contributed by atoms with van der Waals surface area (Å²) in [6.45, 7) is 0. The monoisotopic (exact) mass is 373 g/mol. The molecule has 0 fully saturated rings. The van der Waals surface area contributed by atoms with Crippen LogP contribution in [0.15, 0.2) is 48.5 Å². The fourth-order valence-corrected chi connectivity index (χ4v) is 3.06. The van der Waals surface area contributed by atoms with Crippen molar-refractivity contribution in [1.82, 2.24) is 0 Å². The maximum Gasteiger partial charge on any atom is 0.250 e. The van der Waals surface area contributed by atoms with E-state index in [0.29, 0.717) is 12.0 Å². The number of aliphatic hydroxyl groups excluding tert-OH is 1. The Labute approximate surface area is 158 Å². The lowest BCUT2D eigenvalue weighted by Gasteiger charge is -2.18. The second-order valence-corrected chi connectivity index (χ2v) is 6.55. The Morgan fingerprint density at radius 1 is 1.08 bits per heavy atom. The van der Waals surface area contributed by atoms with Crippen LogP contribution >= 0.6 is 11.6 Å². The summed E-state index contributed by atoms with van der Waals surface area (Å²) >= 11 is 6.21. The predicted molar refractivity (Wildman–Crippen MR) is 101 cm³/mol. The molecule has 0 heterocycles. The van der Waals surface area contributed by atoms with E-state index >= 15 is 0 Å². The van der Waals surface area contributed by atoms with Crippen LogP contribution in [0.4, 0.5) is 0 Å². The summed E-state index contributed by atoms with van der Waals surface area (Å²) in [6, 6.07) is 14.6. The first-order valence-electron chi connectivity index (χ1n) is 8.30. The number of carbonyl (C=O) groups is 2. The van der Waals surface area contributed by atoms with Gasteiger partial charge in [-0.05, 0) is 42.9 Å². The van der Waals surface area contributed by atoms with Crippen molar-refractivity contribution in [3.05, 3.63) is 76.7 Å². The van der Waals surface area contributed by atoms with Crippen LogP contribution in [0.5, 0.6) is 0 Å². The molecule has 2 rings (SSSR count). The van der Waals surface area contributed by atoms with Gasteiger partial charge < -0.3 is 16.6 Å². The molecule has 0 aliphatic carbocycles. The molecule has 0 aliphatic heterocycles. The molecule has 0 unspecified atom stereocenters. The average Bonchev–Trinajstić information content (AvgIpc) is 2.61. The molecule has 0 saturated heterocycles. The number of rotatable bonds is 9. The number of benzene rings is 2. The summed E-state index contributed by atoms with van der Waals surface area (Å²) < 4.78 is 0. The minimum atomic E-state index is -0.786. The lowest BCUT2D eigenvalue weighted by Crippen LogP contribution is -2.29. The Morgan fingerprint density at radius 2 is 1.77 bits per heavy atom. The van der Waals surface area contributed by atoms with E-state index in [0.717, 1.165) is 5.56 Å². The van der Waals surface area contributed by atoms with Gasteiger partial charge in [-0.2, -0.15) is 0 Å². The molecular formula is C20H22ClN2O3. The van der Waals surface area contributed by atoms with E-state index in [-0.39, 0.29) is 23.4 Å². The van der Waals surface area contributed by atoms with Crippen LogP contribution in [-0.2, 0) is 17.6 Å². The van der Waals surface area contributed by atoms with Gasteiger partial charge >= 0.3 is 0 Å². The summed E-state index contributed by atoms with van der Waals surface area (Å²) in [4.78, 5) is 23.2. The highest BCUT2D eigenvalue weighted by Crippen LogP contribution is 2.25. The van der Waals surface area contributed by atoms with Crippen LogP contribution in [0.2, 0.25) is 5.02 Å². The molecule has 2 atom stereocenters. The third-order valence-electron chi connectivity index (χ3n) is 4.21. The third-order valence-corrected chi connectivity index (χ3v) is 4.65. The first-order chi connectivity index (χ1) is 12.4. The van der Waals surface area contributed by atoms with E-state index in [9.17, 15) is 14.7 Å². The molecule has 1 radical (unpaired) electrons. The summed E-state index contributed by atoms with van der Waals surface area (Å²) in [5, 5.41) is 10.5. The van der Waals surface area contributed by atoms with Crippen molar-refractivity contribution in [2.24, 2.45) is 17.4 Å². The highest BCUT2D eigenvalue weighted by atomic mass is 35.5. The molecule has 2 aromatic carbocycles. The smallest absolute Gasteiger partial charge is 0.250 e. The van der Waals surface area contributed by atoms with E-state index < -0.39 is 23.8 Å². The van der Waals surface area contributed by atoms with E-state index in [1.54, 1.807) is 18.6 Å². The normalized spacial score (nSPS) is 13.2. The molecular weight excluding hydrogens is 352 g/mol. The average molecular weight is 374 g/mol. The van der Waals surface area contributed by atoms with Crippen molar-refractivity contribution in [1.29, 1.82) is 0 Å². The summed E-state index contributed by atoms with van der Waals surface area (Å²) in [7, 11) is 0. The van der Waals surface area contributed by atoms with Crippen molar-refractivity contribution < 1.29 is 14.7 Å². The highest BCUT2D eigenvalue weighted by molar-refractivity contribution is 6.34. The number of halogens is 1. The van der Waals surface area contributed by atoms with Crippen molar-refractivity contribution >= 4 is 23.4 Å². The Morgan fingerprint density at radius 3 is 2.38 bits per heavy atom. The van der Waals surface area contributed by atoms with E-state index in [1.807, 2.05) is 30.3 Å². The minimum Gasteiger partial charge on any atom is -0.393 e. The topological polar surface area (TPSA) is 106 Å². The van der Waals surface area contributed by atoms with E-state index in [2.05, 4.69) is 0 Å². The number of carbonyl (C=O) groups excluding carboxylic acids is 2. The fourth-order valence-electron chi connectivity index (χ4n) is 2.77. The number of nitrogens with two attached hydrogens (primary N) is 2. The Balaban J connectivity index is 2.02. The largest absolute Gasteiger partial charge is 0.393 e. The van der Waals surface area contributed by atoms with Crippen LogP contribution in [0, 0.1) is 12.3 Å². The summed E-state index contributed by atoms with van der Waals surface area (Å²) in [6.07, 6.45) is 1.95. The van der Waals surface area contributed by atoms with Gasteiger partial charge in [0.2, 0.25) is 11.8 Å². The quantitative estimate of drug-likeness (QED) is 0.627. The summed E-state index contributed by atoms with van der Waals surface area (Å²) in [5.41, 5.74) is 12.6. The highest BCUT2D eigenvalue weighted by Gasteiger charge is 2.22. The van der Waals surface area contributed by atoms with Gasteiger partial charge in [-0.25, -0.2) is 0 Å². The second kappa shape index (κ2) is 9.36. The van der Waals surface area contributed by atoms with Gasteiger partial charge in [0.15, 0.2) is 0 Å². The molecule has 0 aromatic heterocycles. The molecule has 5 nitrogen and oxygen atoms in total. The van der Waals surface area contributed by atoms with Crippen LogP contribution in [0.25, 0.3) is 0 Å². The molecule has 5 N–H and O–H groups in total. The zero-order valence-electron chi connectivity index (χ0n) is 14.3. The van der Waals surface area contributed by atoms with Gasteiger partial charge in [-0.3, -0.25) is 9.59 Å². The molecule has 2 aromatic rings. The number of hydrogen-bond acceptors (Lipinski definition) is 3. The lowest BCUT2D eigenvalue weighted by molar-refractivity contribution is -0.122. The molecule has 0 saturated carbocycles. The number of amides is 2. The van der Waals surface area contributed by atoms with Crippen LogP contribution in [0.1, 0.15) is 27.9 Å². The minimum absolute atomic E-state index is 0.180. The lowest BCUT2D eigenvalue weighted by atomic mass is 9.90. The van der Waals surface area contributed by atoms with Crippen LogP contribution in [-0.4, -0.2) is 23.0 Å². The predicted octanol–water partition coefficient (Wildman–Crippen LogP) is 2.28. The van der Waals surface area contributed by atoms with Crippen LogP contribution in [0.3, 0.4) is 0 Å². The van der Waals surface area contributed by atoms with Crippen LogP contribution < -0.4 is 11.5 Å². The Bertz CT molecular complexity index is 765. The molecule has 0 aliphatic rings. The molecule has 0 spiro atoms. The maximum absolute atomic E-state index is 11.8. The van der Waals surface area contributed by atoms with Gasteiger partial charge in [0.05, 0.1) is 16.7 Å². The number of hydrogen-bond donors (Lipinski definition) is 3. The van der Waals surface area contributed by atoms with Gasteiger partial charge in [-0.1, -0.05) is 54.1 Å². The number of aliphatic hydroxyl groups is 1. The Hall–Kier alpha value is -2.37. The first kappa shape index (κ1) is 19.9. The fraction of sp³-hybridized carbons (Fsp3) is 0.250. The number of primary amides is 2. The van der Waals surface area contributed by atoms with Crippen molar-refractivity contribution in [3.8, 4) is 0 Å². The maximum atomic E-state index is 11.8. The standard InChI is InChI=1S/C20H22ClN2O3/c21-18-14(7-4-8-17(18)20(23)26)11-15(19(22)25)12-16(24)10-9-13-5-2-1-3-6-13/h1-8,10,15-16,24H,9,11-12H2,(H2,22,25)(H2,23,26)/t15-,16+/m1/s1.